The van der Waals surface area contributed by atoms with Gasteiger partial charge in [-0.3, -0.25) is 0 Å². The fourth-order valence-corrected chi connectivity index (χ4v) is 1.71. The number of rotatable bonds is 4. The topological polar surface area (TPSA) is 68.1 Å². The van der Waals surface area contributed by atoms with Crippen molar-refractivity contribution >= 4 is 22.6 Å². The maximum atomic E-state index is 11.8. The minimum absolute atomic E-state index is 0.349. The first-order valence-electron chi connectivity index (χ1n) is 5.77. The van der Waals surface area contributed by atoms with Gasteiger partial charge in [-0.1, -0.05) is 31.5 Å². The van der Waals surface area contributed by atoms with Crippen LogP contribution in [0.2, 0.25) is 0 Å². The molecular formula is C13H16N2O2. The van der Waals surface area contributed by atoms with Gasteiger partial charge in [-0.05, 0) is 12.5 Å². The van der Waals surface area contributed by atoms with Crippen LogP contribution >= 0.6 is 0 Å². The first kappa shape index (κ1) is 11.5. The van der Waals surface area contributed by atoms with Crippen LogP contribution in [0.25, 0.3) is 10.9 Å². The zero-order chi connectivity index (χ0) is 12.3. The van der Waals surface area contributed by atoms with E-state index in [1.165, 1.54) is 0 Å². The standard InChI is InChI=1S/C13H16N2O2/c1-2-3-8-17-13(16)12-11(14)9-6-4-5-7-10(9)15-12/h4-7,15H,2-3,8,14H2,1H3. The smallest absolute Gasteiger partial charge is 0.356 e. The van der Waals surface area contributed by atoms with E-state index in [1.807, 2.05) is 31.2 Å². The summed E-state index contributed by atoms with van der Waals surface area (Å²) in [5, 5.41) is 0.856. The van der Waals surface area contributed by atoms with Crippen LogP contribution in [0, 0.1) is 0 Å². The first-order chi connectivity index (χ1) is 8.24. The molecule has 0 aliphatic carbocycles. The van der Waals surface area contributed by atoms with Gasteiger partial charge in [-0.25, -0.2) is 4.79 Å². The van der Waals surface area contributed by atoms with Crippen molar-refractivity contribution in [3.8, 4) is 0 Å². The van der Waals surface area contributed by atoms with Crippen molar-refractivity contribution in [1.29, 1.82) is 0 Å². The molecule has 90 valence electrons. The maximum Gasteiger partial charge on any atom is 0.356 e. The fraction of sp³-hybridized carbons (Fsp3) is 0.308. The van der Waals surface area contributed by atoms with E-state index in [0.29, 0.717) is 18.0 Å². The molecule has 0 aliphatic rings. The van der Waals surface area contributed by atoms with E-state index >= 15 is 0 Å². The third kappa shape index (κ3) is 2.25. The van der Waals surface area contributed by atoms with Gasteiger partial charge in [0, 0.05) is 10.9 Å². The van der Waals surface area contributed by atoms with Crippen molar-refractivity contribution in [2.24, 2.45) is 0 Å². The molecule has 3 N–H and O–H groups in total. The second kappa shape index (κ2) is 4.91. The number of esters is 1. The van der Waals surface area contributed by atoms with Gasteiger partial charge in [-0.2, -0.15) is 0 Å². The molecule has 17 heavy (non-hydrogen) atoms. The number of unbranched alkanes of at least 4 members (excludes halogenated alkanes) is 1. The highest BCUT2D eigenvalue weighted by Crippen LogP contribution is 2.24. The maximum absolute atomic E-state index is 11.8. The van der Waals surface area contributed by atoms with Gasteiger partial charge in [-0.15, -0.1) is 0 Å². The van der Waals surface area contributed by atoms with Crippen LogP contribution in [0.1, 0.15) is 30.3 Å². The Kier molecular flexibility index (Phi) is 3.32. The Balaban J connectivity index is 2.23. The van der Waals surface area contributed by atoms with Crippen LogP contribution in [-0.4, -0.2) is 17.6 Å². The third-order valence-corrected chi connectivity index (χ3v) is 2.68. The summed E-state index contributed by atoms with van der Waals surface area (Å²) in [4.78, 5) is 14.8. The van der Waals surface area contributed by atoms with Crippen molar-refractivity contribution in [2.45, 2.75) is 19.8 Å². The molecule has 0 atom stereocenters. The number of nitrogen functional groups attached to an aromatic ring is 1. The Hall–Kier alpha value is -1.97. The molecule has 1 heterocycles. The Morgan fingerprint density at radius 2 is 2.18 bits per heavy atom. The number of H-pyrrole nitrogens is 1. The van der Waals surface area contributed by atoms with Crippen molar-refractivity contribution in [3.63, 3.8) is 0 Å². The Labute approximate surface area is 99.8 Å². The molecule has 0 aliphatic heterocycles. The average Bonchev–Trinajstić information content (AvgIpc) is 2.68. The van der Waals surface area contributed by atoms with Gasteiger partial charge >= 0.3 is 5.97 Å². The quantitative estimate of drug-likeness (QED) is 0.629. The Bertz CT molecular complexity index is 531. The molecule has 2 rings (SSSR count). The molecule has 0 saturated carbocycles. The van der Waals surface area contributed by atoms with Gasteiger partial charge in [0.2, 0.25) is 0 Å². The molecule has 0 radical (unpaired) electrons. The van der Waals surface area contributed by atoms with E-state index in [2.05, 4.69) is 4.98 Å². The monoisotopic (exact) mass is 232 g/mol. The van der Waals surface area contributed by atoms with Gasteiger partial charge in [0.15, 0.2) is 0 Å². The third-order valence-electron chi connectivity index (χ3n) is 2.68. The van der Waals surface area contributed by atoms with Gasteiger partial charge in [0.05, 0.1) is 12.3 Å². The normalized spacial score (nSPS) is 10.6. The van der Waals surface area contributed by atoms with E-state index in [9.17, 15) is 4.79 Å². The number of aromatic nitrogens is 1. The van der Waals surface area contributed by atoms with Crippen LogP contribution < -0.4 is 5.73 Å². The summed E-state index contributed by atoms with van der Waals surface area (Å²) in [7, 11) is 0. The number of para-hydroxylation sites is 1. The number of fused-ring (bicyclic) bond motifs is 1. The summed E-state index contributed by atoms with van der Waals surface area (Å²) in [5.74, 6) is -0.382. The van der Waals surface area contributed by atoms with Gasteiger partial charge < -0.3 is 15.5 Å². The predicted octanol–water partition coefficient (Wildman–Crippen LogP) is 2.71. The fourth-order valence-electron chi connectivity index (χ4n) is 1.71. The summed E-state index contributed by atoms with van der Waals surface area (Å²) in [5.41, 5.74) is 7.58. The molecule has 0 saturated heterocycles. The van der Waals surface area contributed by atoms with Crippen LogP contribution in [0.15, 0.2) is 24.3 Å². The molecule has 0 fully saturated rings. The van der Waals surface area contributed by atoms with E-state index in [4.69, 9.17) is 10.5 Å². The molecular weight excluding hydrogens is 216 g/mol. The molecule has 0 unspecified atom stereocenters. The zero-order valence-electron chi connectivity index (χ0n) is 9.82. The summed E-state index contributed by atoms with van der Waals surface area (Å²) in [6, 6.07) is 7.54. The minimum Gasteiger partial charge on any atom is -0.461 e. The summed E-state index contributed by atoms with van der Waals surface area (Å²) in [6.07, 6.45) is 1.86. The van der Waals surface area contributed by atoms with Crippen LogP contribution in [-0.2, 0) is 4.74 Å². The number of nitrogens with two attached hydrogens (primary N) is 1. The van der Waals surface area contributed by atoms with Crippen LogP contribution in [0.3, 0.4) is 0 Å². The van der Waals surface area contributed by atoms with Crippen molar-refractivity contribution in [3.05, 3.63) is 30.0 Å². The molecule has 0 spiro atoms. The molecule has 0 amide bonds. The average molecular weight is 232 g/mol. The molecule has 4 heteroatoms. The number of anilines is 1. The lowest BCUT2D eigenvalue weighted by Crippen LogP contribution is -2.08. The van der Waals surface area contributed by atoms with E-state index in [0.717, 1.165) is 23.7 Å². The van der Waals surface area contributed by atoms with Crippen molar-refractivity contribution in [2.75, 3.05) is 12.3 Å². The summed E-state index contributed by atoms with van der Waals surface area (Å²) >= 11 is 0. The number of carbonyl (C=O) groups excluding carboxylic acids is 1. The molecule has 1 aromatic heterocycles. The zero-order valence-corrected chi connectivity index (χ0v) is 9.82. The molecule has 0 bridgehead atoms. The molecule has 1 aromatic carbocycles. The molecule has 2 aromatic rings. The summed E-state index contributed by atoms with van der Waals surface area (Å²) < 4.78 is 5.13. The number of aromatic amines is 1. The molecule has 4 nitrogen and oxygen atoms in total. The van der Waals surface area contributed by atoms with Crippen molar-refractivity contribution in [1.82, 2.24) is 4.98 Å². The van der Waals surface area contributed by atoms with Gasteiger partial charge in [0.1, 0.15) is 5.69 Å². The number of nitrogens with one attached hydrogen (secondary N) is 1. The lowest BCUT2D eigenvalue weighted by molar-refractivity contribution is 0.0495. The number of hydrogen-bond donors (Lipinski definition) is 2. The van der Waals surface area contributed by atoms with Crippen LogP contribution in [0.5, 0.6) is 0 Å². The number of ether oxygens (including phenoxy) is 1. The van der Waals surface area contributed by atoms with Crippen molar-refractivity contribution < 1.29 is 9.53 Å². The highest BCUT2D eigenvalue weighted by atomic mass is 16.5. The lowest BCUT2D eigenvalue weighted by atomic mass is 10.2. The SMILES string of the molecule is CCCCOC(=O)c1[nH]c2ccccc2c1N. The Morgan fingerprint density at radius 1 is 1.41 bits per heavy atom. The van der Waals surface area contributed by atoms with E-state index < -0.39 is 0 Å². The highest BCUT2D eigenvalue weighted by Gasteiger charge is 2.16. The number of hydrogen-bond acceptors (Lipinski definition) is 3. The predicted molar refractivity (Wildman–Crippen MR) is 67.9 cm³/mol. The Morgan fingerprint density at radius 3 is 2.88 bits per heavy atom. The highest BCUT2D eigenvalue weighted by molar-refractivity contribution is 6.05. The minimum atomic E-state index is -0.382. The first-order valence-corrected chi connectivity index (χ1v) is 5.77. The van der Waals surface area contributed by atoms with E-state index in [1.54, 1.807) is 0 Å². The van der Waals surface area contributed by atoms with E-state index in [-0.39, 0.29) is 5.97 Å². The lowest BCUT2D eigenvalue weighted by Gasteiger charge is -2.02. The van der Waals surface area contributed by atoms with Crippen LogP contribution in [0.4, 0.5) is 5.69 Å². The second-order valence-corrected chi connectivity index (χ2v) is 3.95. The van der Waals surface area contributed by atoms with Gasteiger partial charge in [0.25, 0.3) is 0 Å². The second-order valence-electron chi connectivity index (χ2n) is 3.95. The number of carbonyl (C=O) groups is 1. The number of benzene rings is 1. The largest absolute Gasteiger partial charge is 0.461 e. The summed E-state index contributed by atoms with van der Waals surface area (Å²) in [6.45, 7) is 2.48.